The Kier molecular flexibility index (Phi) is 2.69. The van der Waals surface area contributed by atoms with Gasteiger partial charge in [0.2, 0.25) is 5.75 Å². The molecule has 0 saturated carbocycles. The third-order valence-electron chi connectivity index (χ3n) is 1.44. The van der Waals surface area contributed by atoms with Crippen molar-refractivity contribution in [3.8, 4) is 11.5 Å². The van der Waals surface area contributed by atoms with Crippen molar-refractivity contribution in [3.05, 3.63) is 28.3 Å². The average Bonchev–Trinajstić information content (AvgIpc) is 2.04. The maximum atomic E-state index is 10.5. The first-order valence-electron chi connectivity index (χ1n) is 3.75. The second-order valence-electron chi connectivity index (χ2n) is 2.34. The molecule has 70 valence electrons. The van der Waals surface area contributed by atoms with Crippen LogP contribution in [0.3, 0.4) is 0 Å². The molecule has 5 nitrogen and oxygen atoms in total. The number of nitro groups is 1. The van der Waals surface area contributed by atoms with Gasteiger partial charge in [0.25, 0.3) is 0 Å². The number of benzene rings is 1. The Hall–Kier alpha value is -1.78. The van der Waals surface area contributed by atoms with Gasteiger partial charge in [-0.25, -0.2) is 0 Å². The summed E-state index contributed by atoms with van der Waals surface area (Å²) in [4.78, 5) is 9.90. The van der Waals surface area contributed by atoms with Crippen molar-refractivity contribution in [2.75, 3.05) is 6.61 Å². The highest BCUT2D eigenvalue weighted by Gasteiger charge is 2.14. The minimum absolute atomic E-state index is 0.0472. The summed E-state index contributed by atoms with van der Waals surface area (Å²) in [7, 11) is 0. The molecule has 0 aliphatic rings. The number of nitro benzene ring substituents is 1. The Labute approximate surface area is 74.7 Å². The molecule has 0 atom stereocenters. The van der Waals surface area contributed by atoms with Gasteiger partial charge in [-0.1, -0.05) is 0 Å². The molecule has 0 heterocycles. The minimum atomic E-state index is -0.551. The van der Waals surface area contributed by atoms with E-state index in [4.69, 9.17) is 9.84 Å². The zero-order valence-electron chi connectivity index (χ0n) is 7.06. The largest absolute Gasteiger partial charge is 0.508 e. The molecule has 0 spiro atoms. The molecule has 0 aliphatic heterocycles. The number of ether oxygens (including phenoxy) is 1. The van der Waals surface area contributed by atoms with Crippen LogP contribution in [0, 0.1) is 10.1 Å². The number of rotatable bonds is 3. The summed E-state index contributed by atoms with van der Waals surface area (Å²) in [5.41, 5.74) is -0.139. The van der Waals surface area contributed by atoms with Crippen LogP contribution in [0.4, 0.5) is 5.69 Å². The predicted molar refractivity (Wildman–Crippen MR) is 45.9 cm³/mol. The topological polar surface area (TPSA) is 72.6 Å². The van der Waals surface area contributed by atoms with Crippen molar-refractivity contribution in [3.63, 3.8) is 0 Å². The van der Waals surface area contributed by atoms with Gasteiger partial charge in [0.1, 0.15) is 5.75 Å². The number of hydrogen-bond donors (Lipinski definition) is 1. The van der Waals surface area contributed by atoms with E-state index in [0.29, 0.717) is 6.61 Å². The smallest absolute Gasteiger partial charge is 0.311 e. The molecule has 0 fully saturated rings. The fourth-order valence-corrected chi connectivity index (χ4v) is 0.925. The van der Waals surface area contributed by atoms with Gasteiger partial charge in [0, 0.05) is 12.1 Å². The van der Waals surface area contributed by atoms with Crippen LogP contribution in [0.15, 0.2) is 18.2 Å². The van der Waals surface area contributed by atoms with E-state index in [-0.39, 0.29) is 17.2 Å². The highest BCUT2D eigenvalue weighted by Crippen LogP contribution is 2.30. The van der Waals surface area contributed by atoms with Crippen LogP contribution in [-0.4, -0.2) is 16.6 Å². The van der Waals surface area contributed by atoms with Crippen LogP contribution in [0.5, 0.6) is 11.5 Å². The summed E-state index contributed by atoms with van der Waals surface area (Å²) in [6.07, 6.45) is 0. The molecule has 1 aromatic rings. The highest BCUT2D eigenvalue weighted by atomic mass is 16.6. The first kappa shape index (κ1) is 9.31. The van der Waals surface area contributed by atoms with E-state index in [1.807, 2.05) is 0 Å². The third kappa shape index (κ3) is 2.08. The van der Waals surface area contributed by atoms with Crippen molar-refractivity contribution in [1.82, 2.24) is 0 Å². The predicted octanol–water partition coefficient (Wildman–Crippen LogP) is 1.70. The number of hydrogen-bond acceptors (Lipinski definition) is 4. The van der Waals surface area contributed by atoms with E-state index in [0.717, 1.165) is 0 Å². The van der Waals surface area contributed by atoms with Crippen LogP contribution >= 0.6 is 0 Å². The number of phenols is 1. The molecule has 0 unspecified atom stereocenters. The van der Waals surface area contributed by atoms with E-state index in [1.165, 1.54) is 18.2 Å². The van der Waals surface area contributed by atoms with Crippen LogP contribution in [-0.2, 0) is 0 Å². The van der Waals surface area contributed by atoms with E-state index in [9.17, 15) is 10.1 Å². The Morgan fingerprint density at radius 3 is 2.85 bits per heavy atom. The maximum Gasteiger partial charge on any atom is 0.311 e. The summed E-state index contributed by atoms with van der Waals surface area (Å²) in [6.45, 7) is 2.04. The van der Waals surface area contributed by atoms with Crippen LogP contribution in [0.1, 0.15) is 6.92 Å². The molecule has 1 aromatic carbocycles. The number of phenolic OH excluding ortho intramolecular Hbond substituents is 1. The Morgan fingerprint density at radius 2 is 2.31 bits per heavy atom. The lowest BCUT2D eigenvalue weighted by atomic mass is 10.3. The third-order valence-corrected chi connectivity index (χ3v) is 1.44. The highest BCUT2D eigenvalue weighted by molar-refractivity contribution is 5.50. The summed E-state index contributed by atoms with van der Waals surface area (Å²) in [5.74, 6) is 0.0431. The van der Waals surface area contributed by atoms with Gasteiger partial charge in [0.15, 0.2) is 0 Å². The van der Waals surface area contributed by atoms with Gasteiger partial charge in [-0.3, -0.25) is 10.1 Å². The zero-order valence-corrected chi connectivity index (χ0v) is 7.06. The van der Waals surface area contributed by atoms with Gasteiger partial charge < -0.3 is 9.84 Å². The van der Waals surface area contributed by atoms with Gasteiger partial charge in [-0.05, 0) is 13.0 Å². The van der Waals surface area contributed by atoms with Gasteiger partial charge in [-0.15, -0.1) is 0 Å². The standard InChI is InChI=1S/C8H9NO4/c1-2-13-8-5-6(10)3-4-7(8)9(11)12/h3-5,10H,2H2,1H3. The fraction of sp³-hybridized carbons (Fsp3) is 0.250. The molecular formula is C8H9NO4. The Bertz CT molecular complexity index is 324. The Balaban J connectivity index is 3.10. The average molecular weight is 183 g/mol. The van der Waals surface area contributed by atoms with E-state index in [2.05, 4.69) is 0 Å². The lowest BCUT2D eigenvalue weighted by Gasteiger charge is -2.03. The van der Waals surface area contributed by atoms with Crippen molar-refractivity contribution < 1.29 is 14.8 Å². The fourth-order valence-electron chi connectivity index (χ4n) is 0.925. The van der Waals surface area contributed by atoms with Crippen LogP contribution < -0.4 is 4.74 Å². The summed E-state index contributed by atoms with van der Waals surface area (Å²) in [5, 5.41) is 19.5. The van der Waals surface area contributed by atoms with Crippen LogP contribution in [0.25, 0.3) is 0 Å². The Morgan fingerprint density at radius 1 is 1.62 bits per heavy atom. The molecule has 1 rings (SSSR count). The van der Waals surface area contributed by atoms with Crippen molar-refractivity contribution in [2.45, 2.75) is 6.92 Å². The monoisotopic (exact) mass is 183 g/mol. The van der Waals surface area contributed by atoms with Crippen LogP contribution in [0.2, 0.25) is 0 Å². The van der Waals surface area contributed by atoms with Gasteiger partial charge in [-0.2, -0.15) is 0 Å². The first-order valence-corrected chi connectivity index (χ1v) is 3.75. The second-order valence-corrected chi connectivity index (χ2v) is 2.34. The van der Waals surface area contributed by atoms with Crippen molar-refractivity contribution in [2.24, 2.45) is 0 Å². The normalized spacial score (nSPS) is 9.62. The van der Waals surface area contributed by atoms with Crippen molar-refractivity contribution in [1.29, 1.82) is 0 Å². The molecule has 0 aromatic heterocycles. The maximum absolute atomic E-state index is 10.5. The van der Waals surface area contributed by atoms with Crippen molar-refractivity contribution >= 4 is 5.69 Å². The molecule has 0 amide bonds. The SMILES string of the molecule is CCOc1cc(O)ccc1[N+](=O)[O-]. The molecule has 5 heteroatoms. The second kappa shape index (κ2) is 3.75. The van der Waals surface area contributed by atoms with E-state index in [1.54, 1.807) is 6.92 Å². The molecule has 13 heavy (non-hydrogen) atoms. The first-order chi connectivity index (χ1) is 6.15. The number of aromatic hydroxyl groups is 1. The molecule has 1 N–H and O–H groups in total. The summed E-state index contributed by atoms with van der Waals surface area (Å²) in [6, 6.07) is 3.68. The summed E-state index contributed by atoms with van der Waals surface area (Å²) < 4.78 is 4.98. The molecular weight excluding hydrogens is 174 g/mol. The lowest BCUT2D eigenvalue weighted by molar-refractivity contribution is -0.385. The van der Waals surface area contributed by atoms with Gasteiger partial charge >= 0.3 is 5.69 Å². The van der Waals surface area contributed by atoms with E-state index >= 15 is 0 Å². The molecule has 0 radical (unpaired) electrons. The molecule has 0 aliphatic carbocycles. The minimum Gasteiger partial charge on any atom is -0.508 e. The molecule has 0 bridgehead atoms. The van der Waals surface area contributed by atoms with E-state index < -0.39 is 4.92 Å². The summed E-state index contributed by atoms with van der Waals surface area (Å²) >= 11 is 0. The molecule has 0 saturated heterocycles. The zero-order chi connectivity index (χ0) is 9.84. The number of nitrogens with zero attached hydrogens (tertiary/aromatic N) is 1. The quantitative estimate of drug-likeness (QED) is 0.571. The van der Waals surface area contributed by atoms with Gasteiger partial charge in [0.05, 0.1) is 11.5 Å². The lowest BCUT2D eigenvalue weighted by Crippen LogP contribution is -1.96.